The van der Waals surface area contributed by atoms with Crippen molar-refractivity contribution in [1.82, 2.24) is 10.2 Å². The van der Waals surface area contributed by atoms with Crippen molar-refractivity contribution >= 4 is 27.7 Å². The van der Waals surface area contributed by atoms with Crippen molar-refractivity contribution in [2.24, 2.45) is 0 Å². The molecule has 6 heteroatoms. The number of ether oxygens (including phenoxy) is 1. The molecule has 0 saturated carbocycles. The minimum Gasteiger partial charge on any atom is -0.484 e. The van der Waals surface area contributed by atoms with Crippen LogP contribution in [0.4, 0.5) is 0 Å². The highest BCUT2D eigenvalue weighted by Crippen LogP contribution is 2.19. The van der Waals surface area contributed by atoms with Gasteiger partial charge in [-0.25, -0.2) is 0 Å². The molecule has 32 heavy (non-hydrogen) atoms. The highest BCUT2D eigenvalue weighted by Gasteiger charge is 2.30. The van der Waals surface area contributed by atoms with Crippen LogP contribution in [0, 0.1) is 6.92 Å². The second-order valence-electron chi connectivity index (χ2n) is 7.51. The highest BCUT2D eigenvalue weighted by molar-refractivity contribution is 9.10. The Hall–Kier alpha value is -3.12. The van der Waals surface area contributed by atoms with Crippen LogP contribution in [0.5, 0.6) is 5.75 Å². The molecule has 0 fully saturated rings. The van der Waals surface area contributed by atoms with Gasteiger partial charge in [-0.05, 0) is 47.9 Å². The Kier molecular flexibility index (Phi) is 8.45. The lowest BCUT2D eigenvalue weighted by Crippen LogP contribution is -2.51. The van der Waals surface area contributed by atoms with Crippen molar-refractivity contribution in [3.63, 3.8) is 0 Å². The van der Waals surface area contributed by atoms with Gasteiger partial charge < -0.3 is 15.0 Å². The molecule has 166 valence electrons. The molecule has 0 aliphatic heterocycles. The summed E-state index contributed by atoms with van der Waals surface area (Å²) in [6.07, 6.45) is 0.413. The second kappa shape index (κ2) is 11.5. The van der Waals surface area contributed by atoms with Gasteiger partial charge in [0.05, 0.1) is 0 Å². The van der Waals surface area contributed by atoms with Crippen LogP contribution in [0.1, 0.15) is 16.7 Å². The van der Waals surface area contributed by atoms with E-state index in [4.69, 9.17) is 4.74 Å². The number of benzene rings is 3. The van der Waals surface area contributed by atoms with Crippen LogP contribution in [-0.2, 0) is 22.6 Å². The number of halogens is 1. The van der Waals surface area contributed by atoms with E-state index in [1.807, 2.05) is 73.7 Å². The number of carbonyl (C=O) groups excluding carboxylic acids is 2. The standard InChI is InChI=1S/C26H27BrN2O3/c1-19-8-6-7-11-21(19)17-29(25(30)18-32-23-14-12-22(27)13-15-23)24(26(31)28-2)16-20-9-4-3-5-10-20/h3-15,24H,16-18H2,1-2H3,(H,28,31)/t24-/m0/s1. The quantitative estimate of drug-likeness (QED) is 0.475. The predicted octanol–water partition coefficient (Wildman–Crippen LogP) is 4.52. The van der Waals surface area contributed by atoms with Gasteiger partial charge in [0, 0.05) is 24.5 Å². The van der Waals surface area contributed by atoms with E-state index >= 15 is 0 Å². The van der Waals surface area contributed by atoms with Gasteiger partial charge in [0.1, 0.15) is 11.8 Å². The van der Waals surface area contributed by atoms with Gasteiger partial charge in [-0.2, -0.15) is 0 Å². The summed E-state index contributed by atoms with van der Waals surface area (Å²) in [4.78, 5) is 27.9. The minimum atomic E-state index is -0.664. The van der Waals surface area contributed by atoms with E-state index in [1.165, 1.54) is 0 Å². The predicted molar refractivity (Wildman–Crippen MR) is 129 cm³/mol. The average Bonchev–Trinajstić information content (AvgIpc) is 2.82. The topological polar surface area (TPSA) is 58.6 Å². The Morgan fingerprint density at radius 3 is 2.28 bits per heavy atom. The molecule has 0 aromatic heterocycles. The zero-order valence-corrected chi connectivity index (χ0v) is 19.8. The number of amides is 2. The second-order valence-corrected chi connectivity index (χ2v) is 8.43. The molecule has 0 radical (unpaired) electrons. The summed E-state index contributed by atoms with van der Waals surface area (Å²) >= 11 is 3.39. The fraction of sp³-hybridized carbons (Fsp3) is 0.231. The van der Waals surface area contributed by atoms with Crippen LogP contribution >= 0.6 is 15.9 Å². The average molecular weight is 495 g/mol. The van der Waals surface area contributed by atoms with Crippen LogP contribution in [0.25, 0.3) is 0 Å². The lowest BCUT2D eigenvalue weighted by molar-refractivity contribution is -0.142. The van der Waals surface area contributed by atoms with Gasteiger partial charge in [-0.3, -0.25) is 9.59 Å². The smallest absolute Gasteiger partial charge is 0.261 e. The maximum absolute atomic E-state index is 13.4. The van der Waals surface area contributed by atoms with Gasteiger partial charge in [-0.1, -0.05) is 70.5 Å². The summed E-state index contributed by atoms with van der Waals surface area (Å²) in [6, 6.07) is 24.2. The molecule has 1 N–H and O–H groups in total. The molecule has 0 heterocycles. The van der Waals surface area contributed by atoms with Crippen LogP contribution < -0.4 is 10.1 Å². The van der Waals surface area contributed by atoms with E-state index in [1.54, 1.807) is 24.1 Å². The first-order valence-electron chi connectivity index (χ1n) is 10.5. The first-order chi connectivity index (χ1) is 15.5. The lowest BCUT2D eigenvalue weighted by Gasteiger charge is -2.31. The number of nitrogens with zero attached hydrogens (tertiary/aromatic N) is 1. The Morgan fingerprint density at radius 1 is 0.969 bits per heavy atom. The lowest BCUT2D eigenvalue weighted by atomic mass is 10.0. The van der Waals surface area contributed by atoms with E-state index in [9.17, 15) is 9.59 Å². The first-order valence-corrected chi connectivity index (χ1v) is 11.2. The monoisotopic (exact) mass is 494 g/mol. The van der Waals surface area contributed by atoms with Gasteiger partial charge in [-0.15, -0.1) is 0 Å². The molecule has 0 unspecified atom stereocenters. The van der Waals surface area contributed by atoms with Crippen molar-refractivity contribution in [2.45, 2.75) is 25.9 Å². The molecule has 2 amide bonds. The fourth-order valence-corrected chi connectivity index (χ4v) is 3.71. The molecule has 3 rings (SSSR count). The number of hydrogen-bond acceptors (Lipinski definition) is 3. The van der Waals surface area contributed by atoms with E-state index in [0.717, 1.165) is 21.2 Å². The summed E-state index contributed by atoms with van der Waals surface area (Å²) < 4.78 is 6.67. The van der Waals surface area contributed by atoms with Crippen molar-refractivity contribution < 1.29 is 14.3 Å². The van der Waals surface area contributed by atoms with Gasteiger partial charge in [0.25, 0.3) is 5.91 Å². The third-order valence-corrected chi connectivity index (χ3v) is 5.82. The number of rotatable bonds is 9. The number of likely N-dealkylation sites (N-methyl/N-ethyl adjacent to an activating group) is 1. The molecule has 0 aliphatic rings. The van der Waals surface area contributed by atoms with Crippen LogP contribution in [0.3, 0.4) is 0 Å². The molecule has 0 bridgehead atoms. The van der Waals surface area contributed by atoms with Crippen LogP contribution in [-0.4, -0.2) is 36.4 Å². The third-order valence-electron chi connectivity index (χ3n) is 5.30. The van der Waals surface area contributed by atoms with E-state index in [0.29, 0.717) is 18.7 Å². The van der Waals surface area contributed by atoms with Crippen molar-refractivity contribution in [2.75, 3.05) is 13.7 Å². The Bertz CT molecular complexity index is 1040. The number of aryl methyl sites for hydroxylation is 1. The summed E-state index contributed by atoms with van der Waals surface area (Å²) in [5.74, 6) is 0.136. The summed E-state index contributed by atoms with van der Waals surface area (Å²) in [5, 5.41) is 2.72. The minimum absolute atomic E-state index is 0.157. The Morgan fingerprint density at radius 2 is 1.62 bits per heavy atom. The summed E-state index contributed by atoms with van der Waals surface area (Å²) in [6.45, 7) is 2.17. The highest BCUT2D eigenvalue weighted by atomic mass is 79.9. The van der Waals surface area contributed by atoms with Crippen LogP contribution in [0.2, 0.25) is 0 Å². The van der Waals surface area contributed by atoms with Gasteiger partial charge in [0.15, 0.2) is 6.61 Å². The first kappa shape index (κ1) is 23.5. The molecular formula is C26H27BrN2O3. The molecule has 1 atom stereocenters. The van der Waals surface area contributed by atoms with Crippen molar-refractivity contribution in [1.29, 1.82) is 0 Å². The number of carbonyl (C=O) groups is 2. The maximum atomic E-state index is 13.4. The van der Waals surface area contributed by atoms with E-state index < -0.39 is 6.04 Å². The Balaban J connectivity index is 1.87. The Labute approximate surface area is 197 Å². The van der Waals surface area contributed by atoms with Crippen molar-refractivity contribution in [3.8, 4) is 5.75 Å². The maximum Gasteiger partial charge on any atom is 0.261 e. The summed E-state index contributed by atoms with van der Waals surface area (Å²) in [7, 11) is 1.59. The summed E-state index contributed by atoms with van der Waals surface area (Å²) in [5.41, 5.74) is 3.04. The molecule has 3 aromatic rings. The van der Waals surface area contributed by atoms with Gasteiger partial charge >= 0.3 is 0 Å². The van der Waals surface area contributed by atoms with Gasteiger partial charge in [0.2, 0.25) is 5.91 Å². The van der Waals surface area contributed by atoms with Crippen molar-refractivity contribution in [3.05, 3.63) is 100 Å². The van der Waals surface area contributed by atoms with E-state index in [-0.39, 0.29) is 18.4 Å². The largest absolute Gasteiger partial charge is 0.484 e. The molecule has 5 nitrogen and oxygen atoms in total. The zero-order valence-electron chi connectivity index (χ0n) is 18.3. The molecule has 0 aliphatic carbocycles. The molecule has 0 spiro atoms. The number of hydrogen-bond donors (Lipinski definition) is 1. The third kappa shape index (κ3) is 6.44. The number of nitrogens with one attached hydrogen (secondary N) is 1. The SMILES string of the molecule is CNC(=O)[C@H](Cc1ccccc1)N(Cc1ccccc1C)C(=O)COc1ccc(Br)cc1. The normalized spacial score (nSPS) is 11.5. The molecule has 3 aromatic carbocycles. The van der Waals surface area contributed by atoms with Crippen LogP contribution in [0.15, 0.2) is 83.3 Å². The molecule has 0 saturated heterocycles. The fourth-order valence-electron chi connectivity index (χ4n) is 3.45. The zero-order chi connectivity index (χ0) is 22.9. The van der Waals surface area contributed by atoms with E-state index in [2.05, 4.69) is 21.2 Å². The molecular weight excluding hydrogens is 468 g/mol.